The van der Waals surface area contributed by atoms with Crippen LogP contribution in [0.5, 0.6) is 5.75 Å². The lowest BCUT2D eigenvalue weighted by Crippen LogP contribution is -2.07. The lowest BCUT2D eigenvalue weighted by Gasteiger charge is -2.11. The van der Waals surface area contributed by atoms with Crippen molar-refractivity contribution >= 4 is 5.69 Å². The van der Waals surface area contributed by atoms with E-state index in [1.165, 1.54) is 0 Å². The van der Waals surface area contributed by atoms with Crippen LogP contribution in [-0.4, -0.2) is 16.9 Å². The molecular formula is C13H14N4O. The zero-order valence-electron chi connectivity index (χ0n) is 10.3. The fraction of sp³-hybridized carbons (Fsp3) is 0.231. The quantitative estimate of drug-likeness (QED) is 0.891. The van der Waals surface area contributed by atoms with E-state index in [-0.39, 0.29) is 0 Å². The maximum atomic E-state index is 9.18. The van der Waals surface area contributed by atoms with E-state index in [1.54, 1.807) is 18.0 Å². The average molecular weight is 242 g/mol. The van der Waals surface area contributed by atoms with Gasteiger partial charge in [0.2, 0.25) is 0 Å². The zero-order chi connectivity index (χ0) is 13.0. The van der Waals surface area contributed by atoms with Gasteiger partial charge in [0.25, 0.3) is 0 Å². The Morgan fingerprint density at radius 1 is 1.39 bits per heavy atom. The van der Waals surface area contributed by atoms with Gasteiger partial charge >= 0.3 is 0 Å². The molecule has 18 heavy (non-hydrogen) atoms. The van der Waals surface area contributed by atoms with E-state index in [0.29, 0.717) is 0 Å². The molecule has 2 rings (SSSR count). The fourth-order valence-corrected chi connectivity index (χ4v) is 1.63. The molecule has 1 N–H and O–H groups in total. The largest absolute Gasteiger partial charge is 0.497 e. The van der Waals surface area contributed by atoms with Gasteiger partial charge in [0, 0.05) is 24.5 Å². The van der Waals surface area contributed by atoms with Gasteiger partial charge in [0.1, 0.15) is 11.8 Å². The number of nitrogens with one attached hydrogen (secondary N) is 1. The molecule has 0 radical (unpaired) electrons. The molecule has 0 fully saturated rings. The van der Waals surface area contributed by atoms with Gasteiger partial charge in [-0.3, -0.25) is 4.68 Å². The zero-order valence-corrected chi connectivity index (χ0v) is 10.3. The summed E-state index contributed by atoms with van der Waals surface area (Å²) in [6.45, 7) is 0. The predicted octanol–water partition coefficient (Wildman–Crippen LogP) is 2.11. The van der Waals surface area contributed by atoms with E-state index >= 15 is 0 Å². The number of rotatable bonds is 4. The third-order valence-electron chi connectivity index (χ3n) is 2.59. The van der Waals surface area contributed by atoms with Crippen LogP contribution >= 0.6 is 0 Å². The van der Waals surface area contributed by atoms with Crippen molar-refractivity contribution in [3.63, 3.8) is 0 Å². The third kappa shape index (κ3) is 2.61. The highest BCUT2D eigenvalue weighted by Crippen LogP contribution is 2.20. The molecule has 0 saturated heterocycles. The summed E-state index contributed by atoms with van der Waals surface area (Å²) in [6, 6.07) is 9.25. The van der Waals surface area contributed by atoms with E-state index in [4.69, 9.17) is 4.74 Å². The van der Waals surface area contributed by atoms with Crippen LogP contribution in [0, 0.1) is 11.3 Å². The Bertz CT molecular complexity index is 553. The summed E-state index contributed by atoms with van der Waals surface area (Å²) in [6.07, 6.45) is 3.51. The van der Waals surface area contributed by atoms with Crippen LogP contribution in [0.1, 0.15) is 11.6 Å². The van der Waals surface area contributed by atoms with Gasteiger partial charge in [0.05, 0.1) is 19.4 Å². The van der Waals surface area contributed by atoms with E-state index < -0.39 is 6.04 Å². The minimum absolute atomic E-state index is 0.410. The summed E-state index contributed by atoms with van der Waals surface area (Å²) in [5.41, 5.74) is 1.71. The Hall–Kier alpha value is -2.48. The second-order valence-electron chi connectivity index (χ2n) is 3.88. The van der Waals surface area contributed by atoms with Crippen LogP contribution in [0.25, 0.3) is 0 Å². The first kappa shape index (κ1) is 12.0. The SMILES string of the molecule is COc1ccc(NC(C#N)c2cnn(C)c2)cc1. The van der Waals surface area contributed by atoms with Crippen molar-refractivity contribution in [2.24, 2.45) is 7.05 Å². The summed E-state index contributed by atoms with van der Waals surface area (Å²) >= 11 is 0. The van der Waals surface area contributed by atoms with E-state index in [0.717, 1.165) is 17.0 Å². The topological polar surface area (TPSA) is 62.9 Å². The van der Waals surface area contributed by atoms with Gasteiger partial charge in [-0.05, 0) is 24.3 Å². The van der Waals surface area contributed by atoms with Crippen LogP contribution in [0.4, 0.5) is 5.69 Å². The highest BCUT2D eigenvalue weighted by molar-refractivity contribution is 5.49. The van der Waals surface area contributed by atoms with Gasteiger partial charge < -0.3 is 10.1 Å². The molecule has 2 aromatic rings. The van der Waals surface area contributed by atoms with Crippen molar-refractivity contribution in [3.05, 3.63) is 42.2 Å². The smallest absolute Gasteiger partial charge is 0.143 e. The molecule has 0 spiro atoms. The van der Waals surface area contributed by atoms with Crippen LogP contribution in [0.2, 0.25) is 0 Å². The number of methoxy groups -OCH3 is 1. The molecule has 1 heterocycles. The third-order valence-corrected chi connectivity index (χ3v) is 2.59. The fourth-order valence-electron chi connectivity index (χ4n) is 1.63. The Morgan fingerprint density at radius 3 is 2.61 bits per heavy atom. The molecule has 1 aromatic heterocycles. The maximum Gasteiger partial charge on any atom is 0.143 e. The summed E-state index contributed by atoms with van der Waals surface area (Å²) in [4.78, 5) is 0. The lowest BCUT2D eigenvalue weighted by molar-refractivity contribution is 0.415. The monoisotopic (exact) mass is 242 g/mol. The van der Waals surface area contributed by atoms with Crippen LogP contribution in [0.3, 0.4) is 0 Å². The number of aryl methyl sites for hydroxylation is 1. The minimum Gasteiger partial charge on any atom is -0.497 e. The highest BCUT2D eigenvalue weighted by atomic mass is 16.5. The number of anilines is 1. The number of hydrogen-bond acceptors (Lipinski definition) is 4. The summed E-state index contributed by atoms with van der Waals surface area (Å²) in [7, 11) is 3.45. The first-order valence-electron chi connectivity index (χ1n) is 5.51. The molecule has 0 aliphatic carbocycles. The average Bonchev–Trinajstić information content (AvgIpc) is 2.83. The Morgan fingerprint density at radius 2 is 2.11 bits per heavy atom. The molecule has 5 nitrogen and oxygen atoms in total. The normalized spacial score (nSPS) is 11.6. The molecule has 0 amide bonds. The number of benzene rings is 1. The summed E-state index contributed by atoms with van der Waals surface area (Å²) < 4.78 is 6.76. The number of aromatic nitrogens is 2. The first-order valence-corrected chi connectivity index (χ1v) is 5.51. The Labute approximate surface area is 106 Å². The van der Waals surface area contributed by atoms with Gasteiger partial charge in [-0.25, -0.2) is 0 Å². The molecule has 1 atom stereocenters. The Kier molecular flexibility index (Phi) is 3.49. The molecule has 1 aromatic carbocycles. The van der Waals surface area contributed by atoms with E-state index in [2.05, 4.69) is 16.5 Å². The molecule has 5 heteroatoms. The molecule has 0 saturated carbocycles. The van der Waals surface area contributed by atoms with Crippen LogP contribution in [-0.2, 0) is 7.05 Å². The van der Waals surface area contributed by atoms with Crippen LogP contribution in [0.15, 0.2) is 36.7 Å². The van der Waals surface area contributed by atoms with Gasteiger partial charge in [-0.2, -0.15) is 10.4 Å². The van der Waals surface area contributed by atoms with E-state index in [1.807, 2.05) is 37.5 Å². The van der Waals surface area contributed by atoms with Crippen molar-refractivity contribution in [1.82, 2.24) is 9.78 Å². The predicted molar refractivity (Wildman–Crippen MR) is 68.2 cm³/mol. The standard InChI is InChI=1S/C13H14N4O/c1-17-9-10(8-15-17)13(7-14)16-11-3-5-12(18-2)6-4-11/h3-6,8-9,13,16H,1-2H3. The molecule has 0 aliphatic rings. The van der Waals surface area contributed by atoms with Gasteiger partial charge in [-0.15, -0.1) is 0 Å². The lowest BCUT2D eigenvalue weighted by atomic mass is 10.1. The minimum atomic E-state index is -0.410. The molecule has 1 unspecified atom stereocenters. The summed E-state index contributed by atoms with van der Waals surface area (Å²) in [5, 5.41) is 16.4. The number of hydrogen-bond donors (Lipinski definition) is 1. The molecule has 0 aliphatic heterocycles. The number of nitriles is 1. The van der Waals surface area contributed by atoms with E-state index in [9.17, 15) is 5.26 Å². The number of ether oxygens (including phenoxy) is 1. The highest BCUT2D eigenvalue weighted by Gasteiger charge is 2.11. The van der Waals surface area contributed by atoms with Gasteiger partial charge in [-0.1, -0.05) is 0 Å². The number of nitrogens with zero attached hydrogens (tertiary/aromatic N) is 3. The van der Waals surface area contributed by atoms with Crippen LogP contribution < -0.4 is 10.1 Å². The van der Waals surface area contributed by atoms with Crippen molar-refractivity contribution in [3.8, 4) is 11.8 Å². The molecule has 92 valence electrons. The van der Waals surface area contributed by atoms with Gasteiger partial charge in [0.15, 0.2) is 0 Å². The molecule has 0 bridgehead atoms. The Balaban J connectivity index is 2.13. The van der Waals surface area contributed by atoms with Crippen molar-refractivity contribution in [2.75, 3.05) is 12.4 Å². The second kappa shape index (κ2) is 5.23. The first-order chi connectivity index (χ1) is 8.72. The van der Waals surface area contributed by atoms with Crippen molar-refractivity contribution < 1.29 is 4.74 Å². The molecular weight excluding hydrogens is 228 g/mol. The second-order valence-corrected chi connectivity index (χ2v) is 3.88. The van der Waals surface area contributed by atoms with Crippen molar-refractivity contribution in [2.45, 2.75) is 6.04 Å². The van der Waals surface area contributed by atoms with Crippen molar-refractivity contribution in [1.29, 1.82) is 5.26 Å². The summed E-state index contributed by atoms with van der Waals surface area (Å²) in [5.74, 6) is 0.787. The maximum absolute atomic E-state index is 9.18.